The fourth-order valence-corrected chi connectivity index (χ4v) is 2.61. The number of carbonyl (C=O) groups excluding carboxylic acids is 1. The molecule has 0 spiro atoms. The van der Waals surface area contributed by atoms with Gasteiger partial charge < -0.3 is 10.4 Å². The van der Waals surface area contributed by atoms with Crippen LogP contribution in [-0.4, -0.2) is 26.0 Å². The van der Waals surface area contributed by atoms with Crippen LogP contribution in [0.4, 0.5) is 0 Å². The van der Waals surface area contributed by atoms with Crippen LogP contribution in [0, 0.1) is 0 Å². The SMILES string of the molecule is O=C(NCc1cccs1)c1nn(-c2ccccc2)nc1CO. The van der Waals surface area contributed by atoms with Gasteiger partial charge in [0.25, 0.3) is 5.91 Å². The van der Waals surface area contributed by atoms with Gasteiger partial charge in [-0.2, -0.15) is 4.80 Å². The molecule has 2 N–H and O–H groups in total. The van der Waals surface area contributed by atoms with Crippen LogP contribution in [0.5, 0.6) is 0 Å². The van der Waals surface area contributed by atoms with E-state index in [0.717, 1.165) is 10.6 Å². The Labute approximate surface area is 131 Å². The predicted molar refractivity (Wildman–Crippen MR) is 82.8 cm³/mol. The van der Waals surface area contributed by atoms with Crippen LogP contribution in [0.2, 0.25) is 0 Å². The standard InChI is InChI=1S/C15H14N4O2S/c20-10-13-14(15(21)16-9-12-7-4-8-22-12)18-19(17-13)11-5-2-1-3-6-11/h1-8,20H,9-10H2,(H,16,21). The van der Waals surface area contributed by atoms with Crippen LogP contribution < -0.4 is 5.32 Å². The second kappa shape index (κ2) is 6.50. The molecule has 0 radical (unpaired) electrons. The fraction of sp³-hybridized carbons (Fsp3) is 0.133. The molecule has 22 heavy (non-hydrogen) atoms. The van der Waals surface area contributed by atoms with Crippen molar-refractivity contribution in [3.05, 3.63) is 64.1 Å². The number of rotatable bonds is 5. The average Bonchev–Trinajstić information content (AvgIpc) is 3.22. The molecule has 2 heterocycles. The summed E-state index contributed by atoms with van der Waals surface area (Å²) in [6, 6.07) is 13.1. The molecule has 0 unspecified atom stereocenters. The lowest BCUT2D eigenvalue weighted by Crippen LogP contribution is -2.24. The van der Waals surface area contributed by atoms with Crippen LogP contribution in [0.15, 0.2) is 47.8 Å². The van der Waals surface area contributed by atoms with Gasteiger partial charge in [0, 0.05) is 4.88 Å². The van der Waals surface area contributed by atoms with E-state index in [1.807, 2.05) is 47.8 Å². The van der Waals surface area contributed by atoms with E-state index in [1.165, 1.54) is 4.80 Å². The van der Waals surface area contributed by atoms with Gasteiger partial charge in [-0.25, -0.2) is 0 Å². The van der Waals surface area contributed by atoms with Crippen molar-refractivity contribution >= 4 is 17.2 Å². The molecule has 112 valence electrons. The normalized spacial score (nSPS) is 10.6. The summed E-state index contributed by atoms with van der Waals surface area (Å²) in [5.41, 5.74) is 1.13. The van der Waals surface area contributed by atoms with Gasteiger partial charge >= 0.3 is 0 Å². The van der Waals surface area contributed by atoms with Crippen molar-refractivity contribution < 1.29 is 9.90 Å². The molecular formula is C15H14N4O2S. The number of aliphatic hydroxyl groups excluding tert-OH is 1. The van der Waals surface area contributed by atoms with Gasteiger partial charge in [-0.05, 0) is 23.6 Å². The molecule has 0 atom stereocenters. The molecule has 0 bridgehead atoms. The third-order valence-electron chi connectivity index (χ3n) is 3.04. The number of aromatic nitrogens is 3. The molecule has 1 aromatic carbocycles. The lowest BCUT2D eigenvalue weighted by Gasteiger charge is -2.01. The number of aliphatic hydroxyl groups is 1. The highest BCUT2D eigenvalue weighted by Crippen LogP contribution is 2.11. The van der Waals surface area contributed by atoms with Gasteiger partial charge in [0.15, 0.2) is 5.69 Å². The summed E-state index contributed by atoms with van der Waals surface area (Å²) in [4.78, 5) is 14.6. The average molecular weight is 314 g/mol. The van der Waals surface area contributed by atoms with E-state index < -0.39 is 0 Å². The maximum Gasteiger partial charge on any atom is 0.274 e. The lowest BCUT2D eigenvalue weighted by atomic mass is 10.3. The first-order valence-corrected chi connectivity index (χ1v) is 7.59. The van der Waals surface area contributed by atoms with Crippen LogP contribution in [0.1, 0.15) is 21.1 Å². The predicted octanol–water partition coefficient (Wildman–Crippen LogP) is 1.75. The summed E-state index contributed by atoms with van der Waals surface area (Å²) >= 11 is 1.57. The molecule has 7 heteroatoms. The van der Waals surface area contributed by atoms with E-state index in [-0.39, 0.29) is 23.9 Å². The zero-order valence-corrected chi connectivity index (χ0v) is 12.5. The first-order chi connectivity index (χ1) is 10.8. The summed E-state index contributed by atoms with van der Waals surface area (Å²) in [7, 11) is 0. The van der Waals surface area contributed by atoms with E-state index in [9.17, 15) is 9.90 Å². The molecule has 1 amide bonds. The summed E-state index contributed by atoms with van der Waals surface area (Å²) in [6.07, 6.45) is 0. The Morgan fingerprint density at radius 1 is 1.18 bits per heavy atom. The first-order valence-electron chi connectivity index (χ1n) is 6.71. The highest BCUT2D eigenvalue weighted by atomic mass is 32.1. The zero-order chi connectivity index (χ0) is 15.4. The molecule has 0 aliphatic carbocycles. The largest absolute Gasteiger partial charge is 0.390 e. The van der Waals surface area contributed by atoms with E-state index in [4.69, 9.17) is 0 Å². The molecule has 6 nitrogen and oxygen atoms in total. The Hall–Kier alpha value is -2.51. The van der Waals surface area contributed by atoms with Crippen LogP contribution in [0.3, 0.4) is 0 Å². The number of carbonyl (C=O) groups is 1. The molecule has 3 aromatic rings. The number of hydrogen-bond donors (Lipinski definition) is 2. The highest BCUT2D eigenvalue weighted by molar-refractivity contribution is 7.09. The number of amides is 1. The number of benzene rings is 1. The molecule has 0 aliphatic heterocycles. The Morgan fingerprint density at radius 2 is 2.00 bits per heavy atom. The minimum Gasteiger partial charge on any atom is -0.390 e. The minimum atomic E-state index is -0.348. The Morgan fingerprint density at radius 3 is 2.68 bits per heavy atom. The van der Waals surface area contributed by atoms with Gasteiger partial charge in [-0.3, -0.25) is 4.79 Å². The van der Waals surface area contributed by atoms with E-state index in [0.29, 0.717) is 6.54 Å². The molecule has 0 fully saturated rings. The number of thiophene rings is 1. The van der Waals surface area contributed by atoms with Crippen molar-refractivity contribution in [3.63, 3.8) is 0 Å². The minimum absolute atomic E-state index is 0.142. The van der Waals surface area contributed by atoms with Crippen molar-refractivity contribution in [1.82, 2.24) is 20.3 Å². The Kier molecular flexibility index (Phi) is 4.27. The van der Waals surface area contributed by atoms with Crippen LogP contribution >= 0.6 is 11.3 Å². The van der Waals surface area contributed by atoms with Crippen molar-refractivity contribution in [2.45, 2.75) is 13.2 Å². The van der Waals surface area contributed by atoms with Gasteiger partial charge in [-0.1, -0.05) is 24.3 Å². The third kappa shape index (κ3) is 3.05. The number of nitrogens with zero attached hydrogens (tertiary/aromatic N) is 3. The second-order valence-electron chi connectivity index (χ2n) is 4.54. The first kappa shape index (κ1) is 14.4. The zero-order valence-electron chi connectivity index (χ0n) is 11.6. The van der Waals surface area contributed by atoms with Gasteiger partial charge in [0.1, 0.15) is 5.69 Å². The maximum absolute atomic E-state index is 12.2. The van der Waals surface area contributed by atoms with E-state index in [1.54, 1.807) is 11.3 Å². The van der Waals surface area contributed by atoms with Gasteiger partial charge in [0.2, 0.25) is 0 Å². The van der Waals surface area contributed by atoms with E-state index >= 15 is 0 Å². The molecule has 3 rings (SSSR count). The van der Waals surface area contributed by atoms with Crippen molar-refractivity contribution in [2.24, 2.45) is 0 Å². The number of para-hydroxylation sites is 1. The van der Waals surface area contributed by atoms with Crippen LogP contribution in [-0.2, 0) is 13.2 Å². The van der Waals surface area contributed by atoms with E-state index in [2.05, 4.69) is 15.5 Å². The van der Waals surface area contributed by atoms with Gasteiger partial charge in [0.05, 0.1) is 18.8 Å². The third-order valence-corrected chi connectivity index (χ3v) is 3.92. The second-order valence-corrected chi connectivity index (χ2v) is 5.57. The lowest BCUT2D eigenvalue weighted by molar-refractivity contribution is 0.0942. The quantitative estimate of drug-likeness (QED) is 0.752. The molecule has 0 saturated heterocycles. The summed E-state index contributed by atoms with van der Waals surface area (Å²) in [6.45, 7) is 0.0914. The smallest absolute Gasteiger partial charge is 0.274 e. The van der Waals surface area contributed by atoms with Gasteiger partial charge in [-0.15, -0.1) is 21.5 Å². The van der Waals surface area contributed by atoms with Crippen molar-refractivity contribution in [2.75, 3.05) is 0 Å². The molecular weight excluding hydrogens is 300 g/mol. The Balaban J connectivity index is 1.80. The summed E-state index contributed by atoms with van der Waals surface area (Å²) in [5, 5.41) is 22.5. The maximum atomic E-state index is 12.2. The summed E-state index contributed by atoms with van der Waals surface area (Å²) in [5.74, 6) is -0.348. The molecule has 2 aromatic heterocycles. The van der Waals surface area contributed by atoms with Crippen LogP contribution in [0.25, 0.3) is 5.69 Å². The number of nitrogens with one attached hydrogen (secondary N) is 1. The Bertz CT molecular complexity index is 753. The number of hydrogen-bond acceptors (Lipinski definition) is 5. The van der Waals surface area contributed by atoms with Crippen molar-refractivity contribution in [3.8, 4) is 5.69 Å². The monoisotopic (exact) mass is 314 g/mol. The topological polar surface area (TPSA) is 80.0 Å². The fourth-order valence-electron chi connectivity index (χ4n) is 1.96. The highest BCUT2D eigenvalue weighted by Gasteiger charge is 2.18. The molecule has 0 saturated carbocycles. The van der Waals surface area contributed by atoms with Crippen molar-refractivity contribution in [1.29, 1.82) is 0 Å². The summed E-state index contributed by atoms with van der Waals surface area (Å²) < 4.78 is 0. The molecule has 0 aliphatic rings.